The van der Waals surface area contributed by atoms with Crippen molar-refractivity contribution in [2.45, 2.75) is 25.9 Å². The normalized spacial score (nSPS) is 13.8. The highest BCUT2D eigenvalue weighted by molar-refractivity contribution is 6.41. The number of hydrogen-bond donors (Lipinski definition) is 0. The second-order valence-electron chi connectivity index (χ2n) is 16.5. The molecule has 0 aliphatic carbocycles. The van der Waals surface area contributed by atoms with Crippen molar-refractivity contribution in [3.63, 3.8) is 0 Å². The lowest BCUT2D eigenvalue weighted by atomic mass is 9.82. The summed E-state index contributed by atoms with van der Waals surface area (Å²) in [6.07, 6.45) is 17.4. The number of nitrogens with zero attached hydrogens (tertiary/aromatic N) is 6. The van der Waals surface area contributed by atoms with Crippen LogP contribution in [0.4, 0.5) is 0 Å². The minimum atomic E-state index is -0.298. The van der Waals surface area contributed by atoms with Crippen molar-refractivity contribution in [1.82, 2.24) is 9.80 Å². The van der Waals surface area contributed by atoms with Crippen LogP contribution in [0, 0.1) is 0 Å². The van der Waals surface area contributed by atoms with Gasteiger partial charge in [-0.15, -0.1) is 0 Å². The highest BCUT2D eigenvalue weighted by Gasteiger charge is 2.37. The molecule has 2 aliphatic rings. The predicted octanol–water partition coefficient (Wildman–Crippen LogP) is 6.67. The molecule has 2 aliphatic heterocycles. The van der Waals surface area contributed by atoms with Crippen LogP contribution in [0.15, 0.2) is 147 Å². The van der Waals surface area contributed by atoms with Crippen LogP contribution in [0.1, 0.15) is 54.3 Å². The number of fused-ring (bicyclic) bond motifs is 2. The van der Waals surface area contributed by atoms with Gasteiger partial charge in [-0.3, -0.25) is 29.0 Å². The van der Waals surface area contributed by atoms with Crippen molar-refractivity contribution in [2.75, 3.05) is 13.1 Å². The van der Waals surface area contributed by atoms with Gasteiger partial charge >= 0.3 is 0 Å². The van der Waals surface area contributed by atoms with Crippen molar-refractivity contribution in [3.05, 3.63) is 169 Å². The van der Waals surface area contributed by atoms with Crippen LogP contribution in [-0.4, -0.2) is 46.5 Å². The van der Waals surface area contributed by atoms with E-state index in [4.69, 9.17) is 0 Å². The Balaban J connectivity index is 0.846. The number of imide groups is 2. The second-order valence-corrected chi connectivity index (χ2v) is 16.5. The molecule has 0 spiro atoms. The third kappa shape index (κ3) is 5.93. The van der Waals surface area contributed by atoms with Crippen LogP contribution < -0.4 is 18.3 Å². The summed E-state index contributed by atoms with van der Waals surface area (Å²) in [5.74, 6) is -1.19. The number of amides is 4. The van der Waals surface area contributed by atoms with Crippen molar-refractivity contribution in [3.8, 4) is 22.3 Å². The van der Waals surface area contributed by atoms with E-state index in [1.54, 1.807) is 0 Å². The fraction of sp³-hybridized carbons (Fsp3) is 0.154. The third-order valence-corrected chi connectivity index (χ3v) is 12.8. The lowest BCUT2D eigenvalue weighted by Gasteiger charge is -2.30. The molecule has 5 aromatic carbocycles. The zero-order valence-electron chi connectivity index (χ0n) is 34.4. The predicted molar refractivity (Wildman–Crippen MR) is 234 cm³/mol. The van der Waals surface area contributed by atoms with E-state index >= 15 is 0 Å². The molecule has 0 bridgehead atoms. The minimum absolute atomic E-state index is 0.290. The van der Waals surface area contributed by atoms with Crippen molar-refractivity contribution in [2.24, 2.45) is 14.1 Å². The van der Waals surface area contributed by atoms with Gasteiger partial charge in [-0.25, -0.2) is 18.3 Å². The summed E-state index contributed by atoms with van der Waals surface area (Å²) in [4.78, 5) is 59.3. The molecule has 0 atom stereocenters. The molecule has 0 N–H and O–H groups in total. The fourth-order valence-corrected chi connectivity index (χ4v) is 9.58. The van der Waals surface area contributed by atoms with Gasteiger partial charge in [0, 0.05) is 107 Å². The Morgan fingerprint density at radius 3 is 0.919 bits per heavy atom. The molecule has 11 rings (SSSR count). The van der Waals surface area contributed by atoms with Crippen molar-refractivity contribution in [1.29, 1.82) is 0 Å². The van der Waals surface area contributed by atoms with Gasteiger partial charge in [0.2, 0.25) is 0 Å². The molecule has 0 unspecified atom stereocenters. The van der Waals surface area contributed by atoms with Gasteiger partial charge in [0.1, 0.15) is 27.2 Å². The lowest BCUT2D eigenvalue weighted by Crippen LogP contribution is -2.43. The zero-order valence-corrected chi connectivity index (χ0v) is 34.4. The summed E-state index contributed by atoms with van der Waals surface area (Å²) in [6, 6.07) is 31.8. The highest BCUT2D eigenvalue weighted by Crippen LogP contribution is 2.46. The molecule has 6 heterocycles. The fourth-order valence-electron chi connectivity index (χ4n) is 9.58. The van der Waals surface area contributed by atoms with Crippen LogP contribution in [0.2, 0.25) is 0 Å². The smallest absolute Gasteiger partial charge is 0.261 e. The summed E-state index contributed by atoms with van der Waals surface area (Å²) >= 11 is 0. The Morgan fingerprint density at radius 2 is 0.629 bits per heavy atom. The number of aryl methyl sites for hydroxylation is 4. The van der Waals surface area contributed by atoms with E-state index < -0.39 is 0 Å². The number of carbonyl (C=O) groups excluding carboxylic acids is 4. The summed E-state index contributed by atoms with van der Waals surface area (Å²) in [5.41, 5.74) is 6.52. The van der Waals surface area contributed by atoms with E-state index in [9.17, 15) is 19.2 Å². The van der Waals surface area contributed by atoms with Crippen LogP contribution in [0.5, 0.6) is 0 Å². The number of hydrogen-bond acceptors (Lipinski definition) is 4. The summed E-state index contributed by atoms with van der Waals surface area (Å²) in [7, 11) is 3.99. The maximum atomic E-state index is 14.1. The first-order chi connectivity index (χ1) is 30.2. The summed E-state index contributed by atoms with van der Waals surface area (Å²) in [5, 5.41) is 6.51. The third-order valence-electron chi connectivity index (χ3n) is 12.8. The van der Waals surface area contributed by atoms with Crippen LogP contribution in [0.3, 0.4) is 0 Å². The van der Waals surface area contributed by atoms with E-state index in [0.29, 0.717) is 72.0 Å². The molecular formula is C52H42N6O4+4. The summed E-state index contributed by atoms with van der Waals surface area (Å²) in [6.45, 7) is 1.88. The van der Waals surface area contributed by atoms with Gasteiger partial charge in [0.05, 0.1) is 0 Å². The molecular weight excluding hydrogens is 773 g/mol. The second kappa shape index (κ2) is 14.5. The van der Waals surface area contributed by atoms with Crippen molar-refractivity contribution < 1.29 is 37.4 Å². The molecule has 0 fully saturated rings. The molecule has 4 amide bonds. The molecule has 0 saturated heterocycles. The van der Waals surface area contributed by atoms with Crippen LogP contribution in [0.25, 0.3) is 65.3 Å². The van der Waals surface area contributed by atoms with E-state index in [0.717, 1.165) is 54.6 Å². The molecule has 62 heavy (non-hydrogen) atoms. The van der Waals surface area contributed by atoms with E-state index in [2.05, 4.69) is 57.7 Å². The average Bonchev–Trinajstić information content (AvgIpc) is 3.30. The first kappa shape index (κ1) is 37.3. The highest BCUT2D eigenvalue weighted by atomic mass is 16.2. The standard InChI is InChI=1S/C52H42N6O4/c1-53-25-13-33(14-26-53)35-17-29-55(30-18-35)21-3-23-57-49(59)41-9-5-37-39-7-11-43-48-44(12-8-40(46(39)48)38-6-10-42(50(57)60)47(41)45(37)38)52(62)58(51(43)61)24-4-22-56-31-19-36(20-32-56)34-15-27-54(2)28-16-34/h5-20,25-32H,3-4,21-24H2,1-2H3/q+4. The average molecular weight is 815 g/mol. The molecule has 0 radical (unpaired) electrons. The number of carbonyl (C=O) groups is 4. The Bertz CT molecular complexity index is 2980. The lowest BCUT2D eigenvalue weighted by molar-refractivity contribution is -0.697. The molecule has 9 aromatic rings. The SMILES string of the molecule is C[n+]1ccc(-c2cc[n+](CCCN3C(=O)c4ccc5c6ccc7c8c(ccc(c9ccc(c4c59)C3=O)c86)C(=O)N(CCC[n+]3ccc(-c4cc[n+](C)cc4)cc3)C7=O)cc2)cc1. The molecule has 4 aromatic heterocycles. The number of rotatable bonds is 10. The number of aromatic nitrogens is 4. The van der Waals surface area contributed by atoms with Gasteiger partial charge in [-0.05, 0) is 78.8 Å². The van der Waals surface area contributed by atoms with E-state index in [-0.39, 0.29) is 23.6 Å². The maximum Gasteiger partial charge on any atom is 0.261 e. The number of pyridine rings is 4. The van der Waals surface area contributed by atoms with Gasteiger partial charge in [-0.2, -0.15) is 0 Å². The van der Waals surface area contributed by atoms with E-state index in [1.165, 1.54) is 9.80 Å². The molecule has 0 saturated carbocycles. The summed E-state index contributed by atoms with van der Waals surface area (Å²) < 4.78 is 8.15. The largest absolute Gasteiger partial charge is 0.274 e. The monoisotopic (exact) mass is 814 g/mol. The first-order valence-electron chi connectivity index (χ1n) is 21.1. The maximum absolute atomic E-state index is 14.1. The molecule has 300 valence electrons. The first-order valence-corrected chi connectivity index (χ1v) is 21.1. The quantitative estimate of drug-likeness (QED) is 0.0669. The Morgan fingerprint density at radius 1 is 0.355 bits per heavy atom. The van der Waals surface area contributed by atoms with Crippen molar-refractivity contribution >= 4 is 66.7 Å². The van der Waals surface area contributed by atoms with Gasteiger partial charge in [0.25, 0.3) is 23.6 Å². The van der Waals surface area contributed by atoms with Crippen LogP contribution >= 0.6 is 0 Å². The minimum Gasteiger partial charge on any atom is -0.274 e. The molecule has 10 heteroatoms. The van der Waals surface area contributed by atoms with E-state index in [1.807, 2.05) is 121 Å². The van der Waals surface area contributed by atoms with Gasteiger partial charge in [0.15, 0.2) is 49.6 Å². The zero-order chi connectivity index (χ0) is 42.2. The topological polar surface area (TPSA) is 90.3 Å². The van der Waals surface area contributed by atoms with Gasteiger partial charge < -0.3 is 0 Å². The molecule has 10 nitrogen and oxygen atoms in total. The Hall–Kier alpha value is -7.72. The van der Waals surface area contributed by atoms with Crippen LogP contribution in [-0.2, 0) is 27.2 Å². The Kier molecular flexibility index (Phi) is 8.71. The van der Waals surface area contributed by atoms with Gasteiger partial charge in [-0.1, -0.05) is 24.3 Å². The Labute approximate surface area is 357 Å². The number of benzene rings is 5.